The highest BCUT2D eigenvalue weighted by Gasteiger charge is 2.05. The molecule has 0 aliphatic carbocycles. The summed E-state index contributed by atoms with van der Waals surface area (Å²) in [5, 5.41) is 3.30. The molecule has 0 radical (unpaired) electrons. The number of hydrogen-bond acceptors (Lipinski definition) is 3. The minimum Gasteiger partial charge on any atom is -0.399 e. The molecule has 1 fully saturated rings. The van der Waals surface area contributed by atoms with E-state index < -0.39 is 0 Å². The Labute approximate surface area is 102 Å². The predicted molar refractivity (Wildman–Crippen MR) is 70.3 cm³/mol. The third-order valence-corrected chi connectivity index (χ3v) is 2.45. The minimum atomic E-state index is -0.287. The molecule has 0 spiro atoms. The van der Waals surface area contributed by atoms with Crippen LogP contribution >= 0.6 is 0 Å². The van der Waals surface area contributed by atoms with Crippen LogP contribution < -0.4 is 11.1 Å². The number of nitrogens with two attached hydrogens (primary N) is 1. The molecule has 3 N–H and O–H groups in total. The fraction of sp³-hybridized carbons (Fsp3) is 0.385. The third kappa shape index (κ3) is 6.04. The number of nitrogen functional groups attached to an aromatic ring is 1. The van der Waals surface area contributed by atoms with Crippen molar-refractivity contribution in [3.63, 3.8) is 0 Å². The number of nitrogens with zero attached hydrogens (tertiary/aromatic N) is 1. The standard InChI is InChI=1S/C7H14N2.C6H6FN/c1-2-5-9-6-3-8-4-7-9;7-5-2-1-3-6(8)4-5/h2,8H,1,3-7H2;1-4H,8H2. The van der Waals surface area contributed by atoms with Crippen LogP contribution in [0.4, 0.5) is 10.1 Å². The Morgan fingerprint density at radius 3 is 2.59 bits per heavy atom. The van der Waals surface area contributed by atoms with E-state index in [1.165, 1.54) is 25.2 Å². The smallest absolute Gasteiger partial charge is 0.125 e. The molecule has 2 rings (SSSR count). The van der Waals surface area contributed by atoms with Crippen molar-refractivity contribution in [2.75, 3.05) is 38.5 Å². The van der Waals surface area contributed by atoms with Gasteiger partial charge in [0.05, 0.1) is 0 Å². The Balaban J connectivity index is 0.000000171. The molecule has 3 nitrogen and oxygen atoms in total. The van der Waals surface area contributed by atoms with Crippen LogP contribution in [0.2, 0.25) is 0 Å². The van der Waals surface area contributed by atoms with Gasteiger partial charge in [-0.15, -0.1) is 6.58 Å². The van der Waals surface area contributed by atoms with E-state index in [-0.39, 0.29) is 5.82 Å². The Bertz CT molecular complexity index is 318. The zero-order valence-electron chi connectivity index (χ0n) is 10.0. The Kier molecular flexibility index (Phi) is 6.29. The topological polar surface area (TPSA) is 41.3 Å². The SMILES string of the molecule is C=CCN1CCNCC1.Nc1cccc(F)c1. The third-order valence-electron chi connectivity index (χ3n) is 2.45. The lowest BCUT2D eigenvalue weighted by Gasteiger charge is -2.25. The molecule has 0 aromatic heterocycles. The molecule has 0 bridgehead atoms. The first-order valence-electron chi connectivity index (χ1n) is 5.77. The van der Waals surface area contributed by atoms with Crippen molar-refractivity contribution < 1.29 is 4.39 Å². The second-order valence-electron chi connectivity index (χ2n) is 3.89. The monoisotopic (exact) mass is 237 g/mol. The molecule has 1 aromatic carbocycles. The summed E-state index contributed by atoms with van der Waals surface area (Å²) in [7, 11) is 0. The van der Waals surface area contributed by atoms with E-state index in [1.807, 2.05) is 6.08 Å². The van der Waals surface area contributed by atoms with Crippen LogP contribution in [-0.4, -0.2) is 37.6 Å². The van der Waals surface area contributed by atoms with Gasteiger partial charge < -0.3 is 11.1 Å². The van der Waals surface area contributed by atoms with Gasteiger partial charge in [-0.1, -0.05) is 12.1 Å². The maximum Gasteiger partial charge on any atom is 0.125 e. The number of piperazine rings is 1. The van der Waals surface area contributed by atoms with Crippen molar-refractivity contribution in [2.45, 2.75) is 0 Å². The summed E-state index contributed by atoms with van der Waals surface area (Å²) in [5.74, 6) is -0.287. The second-order valence-corrected chi connectivity index (χ2v) is 3.89. The van der Waals surface area contributed by atoms with Crippen LogP contribution in [-0.2, 0) is 0 Å². The number of benzene rings is 1. The molecule has 94 valence electrons. The molecule has 1 aliphatic rings. The van der Waals surface area contributed by atoms with E-state index in [4.69, 9.17) is 5.73 Å². The molecule has 0 unspecified atom stereocenters. The fourth-order valence-electron chi connectivity index (χ4n) is 1.58. The largest absolute Gasteiger partial charge is 0.399 e. The van der Waals surface area contributed by atoms with Gasteiger partial charge in [0, 0.05) is 38.4 Å². The highest BCUT2D eigenvalue weighted by Crippen LogP contribution is 2.02. The highest BCUT2D eigenvalue weighted by atomic mass is 19.1. The molecule has 1 saturated heterocycles. The first kappa shape index (κ1) is 13.7. The van der Waals surface area contributed by atoms with E-state index >= 15 is 0 Å². The quantitative estimate of drug-likeness (QED) is 0.605. The fourth-order valence-corrected chi connectivity index (χ4v) is 1.58. The lowest BCUT2D eigenvalue weighted by Crippen LogP contribution is -2.43. The lowest BCUT2D eigenvalue weighted by atomic mass is 10.3. The Morgan fingerprint density at radius 1 is 1.41 bits per heavy atom. The van der Waals surface area contributed by atoms with Crippen LogP contribution in [0, 0.1) is 5.82 Å². The molecule has 0 saturated carbocycles. The van der Waals surface area contributed by atoms with Crippen LogP contribution in [0.3, 0.4) is 0 Å². The lowest BCUT2D eigenvalue weighted by molar-refractivity contribution is 0.265. The van der Waals surface area contributed by atoms with Gasteiger partial charge in [0.1, 0.15) is 5.82 Å². The number of anilines is 1. The van der Waals surface area contributed by atoms with Gasteiger partial charge in [-0.2, -0.15) is 0 Å². The average Bonchev–Trinajstić information content (AvgIpc) is 2.31. The van der Waals surface area contributed by atoms with Gasteiger partial charge in [-0.3, -0.25) is 4.90 Å². The van der Waals surface area contributed by atoms with Gasteiger partial charge in [0.2, 0.25) is 0 Å². The summed E-state index contributed by atoms with van der Waals surface area (Å²) >= 11 is 0. The van der Waals surface area contributed by atoms with Crippen molar-refractivity contribution in [2.24, 2.45) is 0 Å². The van der Waals surface area contributed by atoms with Crippen molar-refractivity contribution in [1.82, 2.24) is 10.2 Å². The van der Waals surface area contributed by atoms with Gasteiger partial charge in [0.25, 0.3) is 0 Å². The molecule has 0 amide bonds. The summed E-state index contributed by atoms with van der Waals surface area (Å²) in [6.45, 7) is 9.35. The van der Waals surface area contributed by atoms with Gasteiger partial charge in [-0.05, 0) is 18.2 Å². The van der Waals surface area contributed by atoms with E-state index in [0.29, 0.717) is 5.69 Å². The number of rotatable bonds is 2. The molecule has 17 heavy (non-hydrogen) atoms. The first-order chi connectivity index (χ1) is 8.22. The highest BCUT2D eigenvalue weighted by molar-refractivity contribution is 5.36. The Morgan fingerprint density at radius 2 is 2.12 bits per heavy atom. The van der Waals surface area contributed by atoms with E-state index in [9.17, 15) is 4.39 Å². The molecule has 0 atom stereocenters. The first-order valence-corrected chi connectivity index (χ1v) is 5.77. The molecule has 4 heteroatoms. The van der Waals surface area contributed by atoms with E-state index in [1.54, 1.807) is 12.1 Å². The normalized spacial score (nSPS) is 15.8. The zero-order valence-corrected chi connectivity index (χ0v) is 10.0. The number of nitrogens with one attached hydrogen (secondary N) is 1. The summed E-state index contributed by atoms with van der Waals surface area (Å²) in [6, 6.07) is 5.85. The molecule has 1 aliphatic heterocycles. The molecule has 1 aromatic rings. The zero-order chi connectivity index (χ0) is 12.5. The maximum absolute atomic E-state index is 12.1. The number of halogens is 1. The van der Waals surface area contributed by atoms with Crippen molar-refractivity contribution >= 4 is 5.69 Å². The van der Waals surface area contributed by atoms with Crippen LogP contribution in [0.5, 0.6) is 0 Å². The average molecular weight is 237 g/mol. The van der Waals surface area contributed by atoms with Crippen LogP contribution in [0.25, 0.3) is 0 Å². The molecular weight excluding hydrogens is 217 g/mol. The van der Waals surface area contributed by atoms with Crippen molar-refractivity contribution in [3.05, 3.63) is 42.7 Å². The Hall–Kier alpha value is -1.39. The summed E-state index contributed by atoms with van der Waals surface area (Å²) in [4.78, 5) is 2.39. The van der Waals surface area contributed by atoms with E-state index in [0.717, 1.165) is 19.6 Å². The summed E-state index contributed by atoms with van der Waals surface area (Å²) < 4.78 is 12.1. The minimum absolute atomic E-state index is 0.287. The van der Waals surface area contributed by atoms with Gasteiger partial charge >= 0.3 is 0 Å². The summed E-state index contributed by atoms with van der Waals surface area (Å²) in [5.41, 5.74) is 5.68. The van der Waals surface area contributed by atoms with Crippen molar-refractivity contribution in [1.29, 1.82) is 0 Å². The van der Waals surface area contributed by atoms with Gasteiger partial charge in [0.15, 0.2) is 0 Å². The summed E-state index contributed by atoms with van der Waals surface area (Å²) in [6.07, 6.45) is 1.96. The van der Waals surface area contributed by atoms with Crippen LogP contribution in [0.15, 0.2) is 36.9 Å². The second kappa shape index (κ2) is 7.81. The van der Waals surface area contributed by atoms with E-state index in [2.05, 4.69) is 16.8 Å². The predicted octanol–water partition coefficient (Wildman–Crippen LogP) is 1.49. The van der Waals surface area contributed by atoms with Crippen molar-refractivity contribution in [3.8, 4) is 0 Å². The number of hydrogen-bond donors (Lipinski definition) is 2. The molecular formula is C13H20FN3. The maximum atomic E-state index is 12.1. The molecule has 1 heterocycles. The van der Waals surface area contributed by atoms with Gasteiger partial charge in [-0.25, -0.2) is 4.39 Å². The van der Waals surface area contributed by atoms with Crippen LogP contribution in [0.1, 0.15) is 0 Å².